The molecular weight excluding hydrogens is 282 g/mol. The Balaban J connectivity index is 0.00000112. The molecule has 2 N–H and O–H groups in total. The SMILES string of the molecule is C=C(C)c1c(NC)ccnc1Nc1cccc(C)c1.CC.CC. The number of hydrogen-bond acceptors (Lipinski definition) is 3. The summed E-state index contributed by atoms with van der Waals surface area (Å²) < 4.78 is 0. The van der Waals surface area contributed by atoms with E-state index in [1.165, 1.54) is 5.56 Å². The smallest absolute Gasteiger partial charge is 0.139 e. The van der Waals surface area contributed by atoms with Crippen LogP contribution in [-0.4, -0.2) is 12.0 Å². The fourth-order valence-corrected chi connectivity index (χ4v) is 2.06. The van der Waals surface area contributed by atoms with Gasteiger partial charge in [-0.25, -0.2) is 4.98 Å². The van der Waals surface area contributed by atoms with Gasteiger partial charge in [-0.15, -0.1) is 0 Å². The molecule has 0 radical (unpaired) electrons. The van der Waals surface area contributed by atoms with Crippen LogP contribution in [0.15, 0.2) is 43.1 Å². The first kappa shape index (κ1) is 20.7. The Morgan fingerprint density at radius 1 is 1.09 bits per heavy atom. The standard InChI is InChI=1S/C16H19N3.2C2H6/c1-11(2)15-14(17-4)8-9-18-16(15)19-13-7-5-6-12(3)10-13;2*1-2/h5-10H,1H2,2-4H3,(H2,17,18,19);2*1-2H3. The molecule has 0 saturated carbocycles. The second-order valence-corrected chi connectivity index (χ2v) is 4.61. The molecule has 0 amide bonds. The molecule has 0 aliphatic heterocycles. The lowest BCUT2D eigenvalue weighted by Crippen LogP contribution is -2.02. The average molecular weight is 313 g/mol. The van der Waals surface area contributed by atoms with E-state index in [1.54, 1.807) is 6.20 Å². The third-order valence-electron chi connectivity index (χ3n) is 2.93. The van der Waals surface area contributed by atoms with Crippen molar-refractivity contribution in [2.45, 2.75) is 41.5 Å². The summed E-state index contributed by atoms with van der Waals surface area (Å²) in [5.74, 6) is 0.824. The van der Waals surface area contributed by atoms with Crippen LogP contribution in [0.5, 0.6) is 0 Å². The Hall–Kier alpha value is -2.29. The van der Waals surface area contributed by atoms with Crippen molar-refractivity contribution < 1.29 is 0 Å². The first-order valence-corrected chi connectivity index (χ1v) is 8.28. The van der Waals surface area contributed by atoms with E-state index in [9.17, 15) is 0 Å². The summed E-state index contributed by atoms with van der Waals surface area (Å²) in [6.07, 6.45) is 1.79. The number of anilines is 3. The molecule has 23 heavy (non-hydrogen) atoms. The summed E-state index contributed by atoms with van der Waals surface area (Å²) in [4.78, 5) is 4.42. The lowest BCUT2D eigenvalue weighted by molar-refractivity contribution is 1.27. The summed E-state index contributed by atoms with van der Waals surface area (Å²) in [5.41, 5.74) is 5.27. The van der Waals surface area contributed by atoms with E-state index in [2.05, 4.69) is 41.3 Å². The Morgan fingerprint density at radius 2 is 1.74 bits per heavy atom. The van der Waals surface area contributed by atoms with E-state index in [-0.39, 0.29) is 0 Å². The van der Waals surface area contributed by atoms with E-state index < -0.39 is 0 Å². The normalized spacial score (nSPS) is 8.83. The lowest BCUT2D eigenvalue weighted by atomic mass is 10.1. The molecule has 0 fully saturated rings. The van der Waals surface area contributed by atoms with Gasteiger partial charge < -0.3 is 10.6 Å². The Labute approximate surface area is 141 Å². The zero-order chi connectivity index (χ0) is 17.8. The Bertz CT molecular complexity index is 604. The molecule has 0 saturated heterocycles. The predicted octanol–water partition coefficient (Wildman–Crippen LogP) is 6.26. The highest BCUT2D eigenvalue weighted by Crippen LogP contribution is 2.30. The largest absolute Gasteiger partial charge is 0.387 e. The molecule has 126 valence electrons. The maximum atomic E-state index is 4.42. The molecule has 0 aliphatic carbocycles. The molecule has 0 bridgehead atoms. The molecule has 3 heteroatoms. The molecule has 0 unspecified atom stereocenters. The number of nitrogens with one attached hydrogen (secondary N) is 2. The van der Waals surface area contributed by atoms with Crippen molar-refractivity contribution in [2.24, 2.45) is 0 Å². The van der Waals surface area contributed by atoms with E-state index in [4.69, 9.17) is 0 Å². The van der Waals surface area contributed by atoms with Crippen molar-refractivity contribution in [1.29, 1.82) is 0 Å². The van der Waals surface area contributed by atoms with Crippen molar-refractivity contribution in [3.63, 3.8) is 0 Å². The Kier molecular flexibility index (Phi) is 10.2. The molecule has 1 aromatic carbocycles. The maximum Gasteiger partial charge on any atom is 0.139 e. The van der Waals surface area contributed by atoms with Crippen LogP contribution >= 0.6 is 0 Å². The molecule has 1 heterocycles. The van der Waals surface area contributed by atoms with Crippen molar-refractivity contribution in [3.8, 4) is 0 Å². The van der Waals surface area contributed by atoms with Crippen LogP contribution in [0.25, 0.3) is 5.57 Å². The van der Waals surface area contributed by atoms with Crippen LogP contribution in [0.4, 0.5) is 17.2 Å². The van der Waals surface area contributed by atoms with Crippen LogP contribution in [-0.2, 0) is 0 Å². The van der Waals surface area contributed by atoms with Crippen LogP contribution < -0.4 is 10.6 Å². The maximum absolute atomic E-state index is 4.42. The van der Waals surface area contributed by atoms with Gasteiger partial charge in [-0.05, 0) is 43.2 Å². The highest BCUT2D eigenvalue weighted by Gasteiger charge is 2.10. The minimum Gasteiger partial charge on any atom is -0.387 e. The van der Waals surface area contributed by atoms with Crippen LogP contribution in [0.3, 0.4) is 0 Å². The highest BCUT2D eigenvalue weighted by molar-refractivity contribution is 5.83. The number of rotatable bonds is 4. The van der Waals surface area contributed by atoms with Gasteiger partial charge in [-0.2, -0.15) is 0 Å². The number of allylic oxidation sites excluding steroid dienone is 1. The molecule has 0 spiro atoms. The molecule has 2 rings (SSSR count). The minimum absolute atomic E-state index is 0.824. The van der Waals surface area contributed by atoms with Gasteiger partial charge in [0, 0.05) is 30.2 Å². The summed E-state index contributed by atoms with van der Waals surface area (Å²) in [6, 6.07) is 10.2. The summed E-state index contributed by atoms with van der Waals surface area (Å²) >= 11 is 0. The van der Waals surface area contributed by atoms with Gasteiger partial charge in [0.1, 0.15) is 5.82 Å². The monoisotopic (exact) mass is 313 g/mol. The number of benzene rings is 1. The van der Waals surface area contributed by atoms with Crippen molar-refractivity contribution in [3.05, 3.63) is 54.2 Å². The van der Waals surface area contributed by atoms with Gasteiger partial charge in [0.25, 0.3) is 0 Å². The van der Waals surface area contributed by atoms with Gasteiger partial charge in [0.2, 0.25) is 0 Å². The zero-order valence-electron chi connectivity index (χ0n) is 15.6. The number of aryl methyl sites for hydroxylation is 1. The van der Waals surface area contributed by atoms with Gasteiger partial charge in [0.05, 0.1) is 0 Å². The van der Waals surface area contributed by atoms with Crippen LogP contribution in [0.1, 0.15) is 45.7 Å². The first-order valence-electron chi connectivity index (χ1n) is 8.28. The van der Waals surface area contributed by atoms with Gasteiger partial charge in [0.15, 0.2) is 0 Å². The molecule has 0 aliphatic rings. The third-order valence-corrected chi connectivity index (χ3v) is 2.93. The molecule has 2 aromatic rings. The van der Waals surface area contributed by atoms with Gasteiger partial charge in [-0.1, -0.05) is 46.4 Å². The van der Waals surface area contributed by atoms with Crippen molar-refractivity contribution >= 4 is 22.8 Å². The molecule has 1 aromatic heterocycles. The van der Waals surface area contributed by atoms with Crippen molar-refractivity contribution in [2.75, 3.05) is 17.7 Å². The average Bonchev–Trinajstić information content (AvgIpc) is 2.58. The Morgan fingerprint density at radius 3 is 2.26 bits per heavy atom. The third kappa shape index (κ3) is 6.15. The number of aromatic nitrogens is 1. The molecular formula is C20H31N3. The quantitative estimate of drug-likeness (QED) is 0.699. The summed E-state index contributed by atoms with van der Waals surface area (Å²) in [6.45, 7) is 16.1. The minimum atomic E-state index is 0.824. The number of nitrogens with zero attached hydrogens (tertiary/aromatic N) is 1. The summed E-state index contributed by atoms with van der Waals surface area (Å²) in [5, 5.41) is 6.53. The predicted molar refractivity (Wildman–Crippen MR) is 106 cm³/mol. The van der Waals surface area contributed by atoms with E-state index in [1.807, 2.05) is 59.9 Å². The summed E-state index contributed by atoms with van der Waals surface area (Å²) in [7, 11) is 1.90. The second kappa shape index (κ2) is 11.3. The van der Waals surface area contributed by atoms with Crippen LogP contribution in [0, 0.1) is 6.92 Å². The first-order chi connectivity index (χ1) is 11.1. The van der Waals surface area contributed by atoms with Gasteiger partial charge in [-0.3, -0.25) is 0 Å². The molecule has 3 nitrogen and oxygen atoms in total. The van der Waals surface area contributed by atoms with Gasteiger partial charge >= 0.3 is 0 Å². The number of pyridine rings is 1. The van der Waals surface area contributed by atoms with E-state index in [0.29, 0.717) is 0 Å². The fraction of sp³-hybridized carbons (Fsp3) is 0.350. The van der Waals surface area contributed by atoms with E-state index in [0.717, 1.165) is 28.3 Å². The topological polar surface area (TPSA) is 37.0 Å². The lowest BCUT2D eigenvalue weighted by Gasteiger charge is -2.15. The fourth-order valence-electron chi connectivity index (χ4n) is 2.06. The zero-order valence-corrected chi connectivity index (χ0v) is 15.6. The van der Waals surface area contributed by atoms with Crippen LogP contribution in [0.2, 0.25) is 0 Å². The second-order valence-electron chi connectivity index (χ2n) is 4.61. The van der Waals surface area contributed by atoms with E-state index >= 15 is 0 Å². The van der Waals surface area contributed by atoms with Crippen molar-refractivity contribution in [1.82, 2.24) is 4.98 Å². The molecule has 0 atom stereocenters. The number of hydrogen-bond donors (Lipinski definition) is 2. The highest BCUT2D eigenvalue weighted by atomic mass is 15.0.